The predicted molar refractivity (Wildman–Crippen MR) is 139 cm³/mol. The molecule has 11 heteroatoms. The van der Waals surface area contributed by atoms with Crippen LogP contribution in [-0.2, 0) is 19.6 Å². The third-order valence-electron chi connectivity index (χ3n) is 5.29. The lowest BCUT2D eigenvalue weighted by Gasteiger charge is -2.24. The molecular weight excluding hydrogens is 498 g/mol. The van der Waals surface area contributed by atoms with Crippen molar-refractivity contribution in [3.8, 4) is 11.5 Å². The number of rotatable bonds is 10. The molecule has 0 bridgehead atoms. The van der Waals surface area contributed by atoms with Gasteiger partial charge in [0.25, 0.3) is 15.9 Å². The average Bonchev–Trinajstić information content (AvgIpc) is 2.91. The van der Waals surface area contributed by atoms with Gasteiger partial charge in [0.1, 0.15) is 6.54 Å². The second-order valence-electron chi connectivity index (χ2n) is 7.77. The first-order chi connectivity index (χ1) is 17.7. The van der Waals surface area contributed by atoms with Gasteiger partial charge >= 0.3 is 5.97 Å². The Kier molecular flexibility index (Phi) is 8.86. The number of amides is 1. The summed E-state index contributed by atoms with van der Waals surface area (Å²) in [6, 6.07) is 17.3. The molecule has 0 saturated heterocycles. The average molecular weight is 526 g/mol. The second-order valence-corrected chi connectivity index (χ2v) is 9.63. The van der Waals surface area contributed by atoms with Crippen molar-refractivity contribution in [1.29, 1.82) is 0 Å². The Morgan fingerprint density at radius 1 is 0.919 bits per heavy atom. The van der Waals surface area contributed by atoms with E-state index in [0.29, 0.717) is 22.6 Å². The number of anilines is 1. The molecule has 0 spiro atoms. The van der Waals surface area contributed by atoms with Crippen LogP contribution < -0.4 is 19.2 Å². The SMILES string of the molecule is COC(=O)c1ccc(/C=N\NC(=O)CN(c2ccc(C)cc2)S(=O)(=O)c2ccc(OC)c(OC)c2)cc1. The van der Waals surface area contributed by atoms with E-state index in [1.807, 2.05) is 6.92 Å². The van der Waals surface area contributed by atoms with E-state index in [1.54, 1.807) is 48.5 Å². The van der Waals surface area contributed by atoms with Crippen LogP contribution >= 0.6 is 0 Å². The molecule has 1 amide bonds. The maximum atomic E-state index is 13.6. The number of carbonyl (C=O) groups excluding carboxylic acids is 2. The monoisotopic (exact) mass is 525 g/mol. The van der Waals surface area contributed by atoms with Crippen molar-refractivity contribution in [2.45, 2.75) is 11.8 Å². The zero-order valence-electron chi connectivity index (χ0n) is 20.8. The first-order valence-corrected chi connectivity index (χ1v) is 12.5. The number of benzene rings is 3. The van der Waals surface area contributed by atoms with Crippen LogP contribution in [0.25, 0.3) is 0 Å². The molecule has 0 aliphatic heterocycles. The zero-order chi connectivity index (χ0) is 27.0. The molecule has 0 aliphatic rings. The molecule has 0 radical (unpaired) electrons. The van der Waals surface area contributed by atoms with Gasteiger partial charge in [0.05, 0.1) is 43.7 Å². The number of carbonyl (C=O) groups is 2. The molecule has 3 aromatic carbocycles. The summed E-state index contributed by atoms with van der Waals surface area (Å²) in [5.74, 6) is -0.523. The van der Waals surface area contributed by atoms with E-state index in [2.05, 4.69) is 15.3 Å². The highest BCUT2D eigenvalue weighted by Crippen LogP contribution is 2.32. The Bertz CT molecular complexity index is 1390. The molecular formula is C26H27N3O7S. The Hall–Kier alpha value is -4.38. The molecule has 0 atom stereocenters. The normalized spacial score (nSPS) is 11.1. The Balaban J connectivity index is 1.83. The van der Waals surface area contributed by atoms with E-state index in [-0.39, 0.29) is 10.6 Å². The minimum Gasteiger partial charge on any atom is -0.493 e. The van der Waals surface area contributed by atoms with Crippen LogP contribution in [0.3, 0.4) is 0 Å². The van der Waals surface area contributed by atoms with Gasteiger partial charge < -0.3 is 14.2 Å². The highest BCUT2D eigenvalue weighted by atomic mass is 32.2. The Morgan fingerprint density at radius 3 is 2.16 bits per heavy atom. The molecule has 3 aromatic rings. The third kappa shape index (κ3) is 6.64. The van der Waals surface area contributed by atoms with E-state index in [1.165, 1.54) is 45.7 Å². The van der Waals surface area contributed by atoms with Crippen molar-refractivity contribution in [3.05, 3.63) is 83.4 Å². The molecule has 0 aliphatic carbocycles. The van der Waals surface area contributed by atoms with Crippen LogP contribution in [0.5, 0.6) is 11.5 Å². The van der Waals surface area contributed by atoms with Gasteiger partial charge in [-0.05, 0) is 48.9 Å². The van der Waals surface area contributed by atoms with Gasteiger partial charge in [-0.1, -0.05) is 29.8 Å². The van der Waals surface area contributed by atoms with E-state index >= 15 is 0 Å². The van der Waals surface area contributed by atoms with Crippen LogP contribution in [0.4, 0.5) is 5.69 Å². The second kappa shape index (κ2) is 12.0. The van der Waals surface area contributed by atoms with Crippen molar-refractivity contribution in [3.63, 3.8) is 0 Å². The lowest BCUT2D eigenvalue weighted by Crippen LogP contribution is -2.39. The fourth-order valence-electron chi connectivity index (χ4n) is 3.30. The fourth-order valence-corrected chi connectivity index (χ4v) is 4.73. The van der Waals surface area contributed by atoms with Gasteiger partial charge in [-0.25, -0.2) is 18.6 Å². The quantitative estimate of drug-likeness (QED) is 0.245. The predicted octanol–water partition coefficient (Wildman–Crippen LogP) is 3.14. The van der Waals surface area contributed by atoms with Crippen molar-refractivity contribution in [2.75, 3.05) is 32.2 Å². The van der Waals surface area contributed by atoms with Gasteiger partial charge in [-0.3, -0.25) is 9.10 Å². The standard InChI is InChI=1S/C26H27N3O7S/c1-18-5-11-21(12-6-18)29(37(32,33)22-13-14-23(34-2)24(15-22)35-3)17-25(30)28-27-16-19-7-9-20(10-8-19)26(31)36-4/h5-16H,17H2,1-4H3,(H,28,30)/b27-16-. The molecule has 1 N–H and O–H groups in total. The molecule has 0 heterocycles. The first kappa shape index (κ1) is 27.2. The molecule has 0 saturated carbocycles. The number of hydrogen-bond acceptors (Lipinski definition) is 8. The van der Waals surface area contributed by atoms with Crippen LogP contribution in [0.2, 0.25) is 0 Å². The maximum Gasteiger partial charge on any atom is 0.337 e. The summed E-state index contributed by atoms with van der Waals surface area (Å²) in [6.45, 7) is 1.34. The zero-order valence-corrected chi connectivity index (χ0v) is 21.6. The number of aryl methyl sites for hydroxylation is 1. The summed E-state index contributed by atoms with van der Waals surface area (Å²) >= 11 is 0. The van der Waals surface area contributed by atoms with Crippen molar-refractivity contribution >= 4 is 33.8 Å². The summed E-state index contributed by atoms with van der Waals surface area (Å²) in [5, 5.41) is 3.90. The van der Waals surface area contributed by atoms with E-state index in [9.17, 15) is 18.0 Å². The first-order valence-electron chi connectivity index (χ1n) is 11.0. The van der Waals surface area contributed by atoms with Crippen LogP contribution in [0, 0.1) is 6.92 Å². The number of esters is 1. The number of ether oxygens (including phenoxy) is 3. The van der Waals surface area contributed by atoms with Crippen LogP contribution in [-0.4, -0.2) is 54.4 Å². The molecule has 10 nitrogen and oxygen atoms in total. The topological polar surface area (TPSA) is 124 Å². The molecule has 3 rings (SSSR count). The summed E-state index contributed by atoms with van der Waals surface area (Å²) in [4.78, 5) is 24.2. The van der Waals surface area contributed by atoms with Crippen molar-refractivity contribution in [2.24, 2.45) is 5.10 Å². The highest BCUT2D eigenvalue weighted by Gasteiger charge is 2.28. The van der Waals surface area contributed by atoms with E-state index in [0.717, 1.165) is 9.87 Å². The third-order valence-corrected chi connectivity index (χ3v) is 7.06. The minimum absolute atomic E-state index is 0.0762. The largest absolute Gasteiger partial charge is 0.493 e. The molecule has 194 valence electrons. The maximum absolute atomic E-state index is 13.6. The minimum atomic E-state index is -4.17. The molecule has 0 fully saturated rings. The number of sulfonamides is 1. The van der Waals surface area contributed by atoms with Gasteiger partial charge in [0.2, 0.25) is 0 Å². The van der Waals surface area contributed by atoms with Crippen molar-refractivity contribution in [1.82, 2.24) is 5.43 Å². The molecule has 0 unspecified atom stereocenters. The van der Waals surface area contributed by atoms with Gasteiger partial charge in [-0.15, -0.1) is 0 Å². The van der Waals surface area contributed by atoms with Gasteiger partial charge in [0.15, 0.2) is 11.5 Å². The van der Waals surface area contributed by atoms with Gasteiger partial charge in [0, 0.05) is 6.07 Å². The van der Waals surface area contributed by atoms with Crippen molar-refractivity contribution < 1.29 is 32.2 Å². The number of hydrogen-bond donors (Lipinski definition) is 1. The lowest BCUT2D eigenvalue weighted by molar-refractivity contribution is -0.119. The van der Waals surface area contributed by atoms with E-state index < -0.39 is 28.4 Å². The van der Waals surface area contributed by atoms with E-state index in [4.69, 9.17) is 9.47 Å². The number of methoxy groups -OCH3 is 3. The summed E-state index contributed by atoms with van der Waals surface area (Å²) in [6.07, 6.45) is 1.37. The molecule has 37 heavy (non-hydrogen) atoms. The summed E-state index contributed by atoms with van der Waals surface area (Å²) in [5.41, 5.74) is 4.56. The molecule has 0 aromatic heterocycles. The summed E-state index contributed by atoms with van der Waals surface area (Å²) < 4.78 is 43.3. The Morgan fingerprint density at radius 2 is 1.57 bits per heavy atom. The Labute approximate surface area is 215 Å². The highest BCUT2D eigenvalue weighted by molar-refractivity contribution is 7.92. The lowest BCUT2D eigenvalue weighted by atomic mass is 10.1. The smallest absolute Gasteiger partial charge is 0.337 e. The van der Waals surface area contributed by atoms with Crippen LogP contribution in [0.1, 0.15) is 21.5 Å². The number of nitrogens with zero attached hydrogens (tertiary/aromatic N) is 2. The van der Waals surface area contributed by atoms with Gasteiger partial charge in [-0.2, -0.15) is 5.10 Å². The number of hydrazone groups is 1. The number of nitrogens with one attached hydrogen (secondary N) is 1. The van der Waals surface area contributed by atoms with Crippen LogP contribution in [0.15, 0.2) is 76.7 Å². The summed E-state index contributed by atoms with van der Waals surface area (Å²) in [7, 11) is -0.0302. The fraction of sp³-hybridized carbons (Fsp3) is 0.192.